The number of carbonyl (C=O) groups is 1. The number of fused-ring (bicyclic) bond motifs is 1. The molecule has 0 radical (unpaired) electrons. The van der Waals surface area contributed by atoms with Crippen LogP contribution in [0.1, 0.15) is 50.6 Å². The zero-order valence-electron chi connectivity index (χ0n) is 17.5. The molecule has 1 aromatic heterocycles. The summed E-state index contributed by atoms with van der Waals surface area (Å²) in [5, 5.41) is 3.31. The van der Waals surface area contributed by atoms with E-state index in [4.69, 9.17) is 4.74 Å². The summed E-state index contributed by atoms with van der Waals surface area (Å²) in [5.74, 6) is 0.481. The average Bonchev–Trinajstić information content (AvgIpc) is 3.07. The van der Waals surface area contributed by atoms with Crippen LogP contribution in [-0.4, -0.2) is 40.1 Å². The molecule has 1 unspecified atom stereocenters. The summed E-state index contributed by atoms with van der Waals surface area (Å²) in [6, 6.07) is 7.94. The molecule has 1 atom stereocenters. The maximum absolute atomic E-state index is 12.9. The van der Waals surface area contributed by atoms with Crippen LogP contribution in [0.25, 0.3) is 0 Å². The average molecular weight is 383 g/mol. The number of benzene rings is 1. The number of hydrogen-bond donors (Lipinski definition) is 1. The fraction of sp³-hybridized carbons (Fsp3) is 0.455. The van der Waals surface area contributed by atoms with Crippen LogP contribution in [-0.2, 0) is 16.1 Å². The Bertz CT molecular complexity index is 880. The molecule has 0 spiro atoms. The van der Waals surface area contributed by atoms with Crippen molar-refractivity contribution in [1.82, 2.24) is 14.5 Å². The monoisotopic (exact) mass is 382 g/mol. The standard InChI is InChI=1S/C22H30N4O2/c1-6-25(7-2)14-17-13-23-22-24-16(5)19(21(27)28-8-3)20(26(17)22)18-12-10-9-11-15(18)4/h9-13,20H,6-8,14H2,1-5H3,(H,23,24). The van der Waals surface area contributed by atoms with Crippen molar-refractivity contribution in [2.75, 3.05) is 25.0 Å². The minimum atomic E-state index is -0.283. The Kier molecular flexibility index (Phi) is 6.19. The van der Waals surface area contributed by atoms with Crippen LogP contribution < -0.4 is 5.32 Å². The predicted molar refractivity (Wildman–Crippen MR) is 111 cm³/mol. The van der Waals surface area contributed by atoms with E-state index >= 15 is 0 Å². The number of aromatic nitrogens is 2. The smallest absolute Gasteiger partial charge is 0.338 e. The van der Waals surface area contributed by atoms with E-state index in [1.807, 2.05) is 32.2 Å². The van der Waals surface area contributed by atoms with Crippen molar-refractivity contribution in [2.45, 2.75) is 47.2 Å². The number of imidazole rings is 1. The molecule has 1 aliphatic heterocycles. The number of nitrogens with zero attached hydrogens (tertiary/aromatic N) is 3. The van der Waals surface area contributed by atoms with E-state index in [0.717, 1.165) is 48.1 Å². The van der Waals surface area contributed by atoms with E-state index in [0.29, 0.717) is 12.2 Å². The van der Waals surface area contributed by atoms with Gasteiger partial charge < -0.3 is 14.6 Å². The van der Waals surface area contributed by atoms with E-state index in [9.17, 15) is 4.79 Å². The largest absolute Gasteiger partial charge is 0.463 e. The van der Waals surface area contributed by atoms with E-state index in [1.54, 1.807) is 0 Å². The van der Waals surface area contributed by atoms with Crippen LogP contribution in [0.15, 0.2) is 41.7 Å². The lowest BCUT2D eigenvalue weighted by molar-refractivity contribution is -0.139. The van der Waals surface area contributed by atoms with Gasteiger partial charge in [0.05, 0.1) is 30.1 Å². The molecule has 3 rings (SSSR count). The van der Waals surface area contributed by atoms with E-state index in [2.05, 4.69) is 52.7 Å². The maximum atomic E-state index is 12.9. The van der Waals surface area contributed by atoms with Crippen LogP contribution in [0.4, 0.5) is 5.95 Å². The Labute approximate surface area is 167 Å². The SMILES string of the molecule is CCOC(=O)C1=C(C)Nc2ncc(CN(CC)CC)n2C1c1ccccc1C. The van der Waals surface area contributed by atoms with Crippen molar-refractivity contribution in [1.29, 1.82) is 0 Å². The van der Waals surface area contributed by atoms with Gasteiger partial charge in [-0.15, -0.1) is 0 Å². The molecular weight excluding hydrogens is 352 g/mol. The van der Waals surface area contributed by atoms with Gasteiger partial charge in [-0.2, -0.15) is 0 Å². The molecule has 1 N–H and O–H groups in total. The van der Waals surface area contributed by atoms with Gasteiger partial charge in [-0.25, -0.2) is 9.78 Å². The van der Waals surface area contributed by atoms with Gasteiger partial charge in [0.25, 0.3) is 0 Å². The Morgan fingerprint density at radius 1 is 1.21 bits per heavy atom. The number of esters is 1. The Balaban J connectivity index is 2.17. The van der Waals surface area contributed by atoms with Gasteiger partial charge in [-0.1, -0.05) is 38.1 Å². The molecule has 6 heteroatoms. The first-order chi connectivity index (χ1) is 13.5. The van der Waals surface area contributed by atoms with Gasteiger partial charge >= 0.3 is 5.97 Å². The summed E-state index contributed by atoms with van der Waals surface area (Å²) >= 11 is 0. The minimum Gasteiger partial charge on any atom is -0.463 e. The third-order valence-electron chi connectivity index (χ3n) is 5.37. The van der Waals surface area contributed by atoms with Gasteiger partial charge in [-0.05, 0) is 45.0 Å². The second kappa shape index (κ2) is 8.61. The molecule has 0 amide bonds. The Hall–Kier alpha value is -2.60. The highest BCUT2D eigenvalue weighted by molar-refractivity contribution is 5.92. The second-order valence-corrected chi connectivity index (χ2v) is 7.05. The maximum Gasteiger partial charge on any atom is 0.338 e. The fourth-order valence-electron chi connectivity index (χ4n) is 3.80. The molecule has 0 saturated carbocycles. The molecule has 150 valence electrons. The number of anilines is 1. The molecule has 0 fully saturated rings. The molecule has 0 aliphatic carbocycles. The molecule has 28 heavy (non-hydrogen) atoms. The van der Waals surface area contributed by atoms with Crippen LogP contribution in [0, 0.1) is 6.92 Å². The highest BCUT2D eigenvalue weighted by atomic mass is 16.5. The predicted octanol–water partition coefficient (Wildman–Crippen LogP) is 3.89. The Morgan fingerprint density at radius 2 is 1.93 bits per heavy atom. The van der Waals surface area contributed by atoms with Crippen LogP contribution in [0.3, 0.4) is 0 Å². The quantitative estimate of drug-likeness (QED) is 0.737. The number of hydrogen-bond acceptors (Lipinski definition) is 5. The lowest BCUT2D eigenvalue weighted by Gasteiger charge is -2.32. The number of nitrogens with one attached hydrogen (secondary N) is 1. The third kappa shape index (κ3) is 3.69. The van der Waals surface area contributed by atoms with E-state index in [-0.39, 0.29) is 12.0 Å². The van der Waals surface area contributed by atoms with Crippen molar-refractivity contribution < 1.29 is 9.53 Å². The summed E-state index contributed by atoms with van der Waals surface area (Å²) in [7, 11) is 0. The number of allylic oxidation sites excluding steroid dienone is 1. The zero-order chi connectivity index (χ0) is 20.3. The zero-order valence-corrected chi connectivity index (χ0v) is 17.5. The van der Waals surface area contributed by atoms with Crippen LogP contribution in [0.5, 0.6) is 0 Å². The molecule has 0 bridgehead atoms. The summed E-state index contributed by atoms with van der Waals surface area (Å²) in [6.45, 7) is 13.2. The summed E-state index contributed by atoms with van der Waals surface area (Å²) < 4.78 is 7.57. The minimum absolute atomic E-state index is 0.260. The Morgan fingerprint density at radius 3 is 2.57 bits per heavy atom. The topological polar surface area (TPSA) is 59.4 Å². The van der Waals surface area contributed by atoms with E-state index < -0.39 is 0 Å². The normalized spacial score (nSPS) is 16.1. The van der Waals surface area contributed by atoms with Crippen molar-refractivity contribution in [2.24, 2.45) is 0 Å². The van der Waals surface area contributed by atoms with Crippen molar-refractivity contribution in [3.63, 3.8) is 0 Å². The van der Waals surface area contributed by atoms with Gasteiger partial charge in [0.2, 0.25) is 5.95 Å². The first-order valence-corrected chi connectivity index (χ1v) is 10.0. The molecule has 2 heterocycles. The highest BCUT2D eigenvalue weighted by Crippen LogP contribution is 2.39. The lowest BCUT2D eigenvalue weighted by atomic mass is 9.92. The summed E-state index contributed by atoms with van der Waals surface area (Å²) in [4.78, 5) is 19.9. The third-order valence-corrected chi connectivity index (χ3v) is 5.37. The fourth-order valence-corrected chi connectivity index (χ4v) is 3.80. The van der Waals surface area contributed by atoms with Gasteiger partial charge in [0.15, 0.2) is 0 Å². The molecule has 2 aromatic rings. The number of aryl methyl sites for hydroxylation is 1. The lowest BCUT2D eigenvalue weighted by Crippen LogP contribution is -2.32. The van der Waals surface area contributed by atoms with Crippen molar-refractivity contribution >= 4 is 11.9 Å². The van der Waals surface area contributed by atoms with Gasteiger partial charge in [0, 0.05) is 12.2 Å². The summed E-state index contributed by atoms with van der Waals surface area (Å²) in [6.07, 6.45) is 1.91. The van der Waals surface area contributed by atoms with Crippen molar-refractivity contribution in [3.8, 4) is 0 Å². The second-order valence-electron chi connectivity index (χ2n) is 7.05. The van der Waals surface area contributed by atoms with Crippen molar-refractivity contribution in [3.05, 3.63) is 58.6 Å². The molecule has 0 saturated heterocycles. The first-order valence-electron chi connectivity index (χ1n) is 10.0. The first kappa shape index (κ1) is 20.1. The number of ether oxygens (including phenoxy) is 1. The molecular formula is C22H30N4O2. The number of rotatable bonds is 7. The van der Waals surface area contributed by atoms with Gasteiger partial charge in [0.1, 0.15) is 0 Å². The van der Waals surface area contributed by atoms with Gasteiger partial charge in [-0.3, -0.25) is 4.90 Å². The summed E-state index contributed by atoms with van der Waals surface area (Å²) in [5.41, 5.74) is 4.74. The highest BCUT2D eigenvalue weighted by Gasteiger charge is 2.35. The molecule has 1 aromatic carbocycles. The van der Waals surface area contributed by atoms with Crippen LogP contribution >= 0.6 is 0 Å². The van der Waals surface area contributed by atoms with Crippen LogP contribution in [0.2, 0.25) is 0 Å². The molecule has 1 aliphatic rings. The van der Waals surface area contributed by atoms with E-state index in [1.165, 1.54) is 0 Å². The number of carbonyl (C=O) groups excluding carboxylic acids is 1. The molecule has 6 nitrogen and oxygen atoms in total.